The van der Waals surface area contributed by atoms with Crippen LogP contribution in [0.1, 0.15) is 29.6 Å². The molecule has 2 atom stereocenters. The fourth-order valence-electron chi connectivity index (χ4n) is 2.07. The van der Waals surface area contributed by atoms with Crippen molar-refractivity contribution in [2.75, 3.05) is 6.54 Å². The second-order valence-corrected chi connectivity index (χ2v) is 4.20. The third kappa shape index (κ3) is 2.55. The van der Waals surface area contributed by atoms with Gasteiger partial charge in [-0.1, -0.05) is 6.42 Å². The van der Waals surface area contributed by atoms with Crippen molar-refractivity contribution in [2.24, 2.45) is 11.7 Å². The zero-order valence-corrected chi connectivity index (χ0v) is 9.10. The lowest BCUT2D eigenvalue weighted by atomic mass is 10.0. The molecule has 1 amide bonds. The molecule has 86 valence electrons. The van der Waals surface area contributed by atoms with Crippen molar-refractivity contribution in [1.82, 2.24) is 15.5 Å². The van der Waals surface area contributed by atoms with Crippen LogP contribution in [0.2, 0.25) is 0 Å². The molecule has 1 aliphatic carbocycles. The second kappa shape index (κ2) is 5.03. The molecular weight excluding hydrogens is 204 g/mol. The SMILES string of the molecule is NC1CCCC1CNC(=O)c1ccnnc1. The van der Waals surface area contributed by atoms with Gasteiger partial charge in [-0.15, -0.1) is 0 Å². The number of nitrogens with zero attached hydrogens (tertiary/aromatic N) is 2. The summed E-state index contributed by atoms with van der Waals surface area (Å²) in [5.41, 5.74) is 6.47. The molecule has 1 aliphatic rings. The lowest BCUT2D eigenvalue weighted by Crippen LogP contribution is -2.36. The van der Waals surface area contributed by atoms with Gasteiger partial charge in [-0.3, -0.25) is 4.79 Å². The molecule has 0 bridgehead atoms. The predicted molar refractivity (Wildman–Crippen MR) is 59.7 cm³/mol. The van der Waals surface area contributed by atoms with Gasteiger partial charge in [0.25, 0.3) is 5.91 Å². The fraction of sp³-hybridized carbons (Fsp3) is 0.545. The molecule has 0 aromatic carbocycles. The maximum Gasteiger partial charge on any atom is 0.252 e. The van der Waals surface area contributed by atoms with Gasteiger partial charge in [0.05, 0.1) is 18.0 Å². The van der Waals surface area contributed by atoms with Gasteiger partial charge >= 0.3 is 0 Å². The summed E-state index contributed by atoms with van der Waals surface area (Å²) in [6, 6.07) is 1.88. The van der Waals surface area contributed by atoms with Gasteiger partial charge in [0.1, 0.15) is 0 Å². The van der Waals surface area contributed by atoms with E-state index in [9.17, 15) is 4.79 Å². The molecule has 0 spiro atoms. The van der Waals surface area contributed by atoms with E-state index >= 15 is 0 Å². The van der Waals surface area contributed by atoms with Gasteiger partial charge in [0, 0.05) is 12.6 Å². The molecule has 1 fully saturated rings. The van der Waals surface area contributed by atoms with Crippen molar-refractivity contribution in [3.8, 4) is 0 Å². The Morgan fingerprint density at radius 3 is 3.00 bits per heavy atom. The number of amides is 1. The highest BCUT2D eigenvalue weighted by Crippen LogP contribution is 2.22. The van der Waals surface area contributed by atoms with Gasteiger partial charge in [-0.2, -0.15) is 10.2 Å². The maximum absolute atomic E-state index is 11.7. The quantitative estimate of drug-likeness (QED) is 0.769. The summed E-state index contributed by atoms with van der Waals surface area (Å²) in [4.78, 5) is 11.7. The molecule has 1 saturated carbocycles. The van der Waals surface area contributed by atoms with Gasteiger partial charge in [0.2, 0.25) is 0 Å². The summed E-state index contributed by atoms with van der Waals surface area (Å²) in [5.74, 6) is 0.313. The molecular formula is C11H16N4O. The van der Waals surface area contributed by atoms with Crippen LogP contribution in [0.25, 0.3) is 0 Å². The highest BCUT2D eigenvalue weighted by Gasteiger charge is 2.24. The Labute approximate surface area is 94.4 Å². The van der Waals surface area contributed by atoms with Crippen LogP contribution in [-0.2, 0) is 0 Å². The first-order valence-electron chi connectivity index (χ1n) is 5.58. The van der Waals surface area contributed by atoms with Gasteiger partial charge < -0.3 is 11.1 Å². The Morgan fingerprint density at radius 2 is 2.38 bits per heavy atom. The number of nitrogens with one attached hydrogen (secondary N) is 1. The summed E-state index contributed by atoms with van der Waals surface area (Å²) >= 11 is 0. The highest BCUT2D eigenvalue weighted by atomic mass is 16.1. The van der Waals surface area contributed by atoms with Crippen LogP contribution in [0.4, 0.5) is 0 Å². The first-order chi connectivity index (χ1) is 7.77. The number of carbonyl (C=O) groups excluding carboxylic acids is 1. The summed E-state index contributed by atoms with van der Waals surface area (Å²) in [7, 11) is 0. The minimum Gasteiger partial charge on any atom is -0.352 e. The monoisotopic (exact) mass is 220 g/mol. The Bertz CT molecular complexity index is 354. The van der Waals surface area contributed by atoms with E-state index in [0.717, 1.165) is 12.8 Å². The molecule has 1 aromatic heterocycles. The van der Waals surface area contributed by atoms with Crippen LogP contribution >= 0.6 is 0 Å². The molecule has 5 heteroatoms. The minimum atomic E-state index is -0.103. The molecule has 5 nitrogen and oxygen atoms in total. The Hall–Kier alpha value is -1.49. The molecule has 0 aliphatic heterocycles. The zero-order chi connectivity index (χ0) is 11.4. The van der Waals surface area contributed by atoms with Gasteiger partial charge in [0.15, 0.2) is 0 Å². The lowest BCUT2D eigenvalue weighted by Gasteiger charge is -2.15. The van der Waals surface area contributed by atoms with E-state index < -0.39 is 0 Å². The van der Waals surface area contributed by atoms with Crippen molar-refractivity contribution in [1.29, 1.82) is 0 Å². The number of rotatable bonds is 3. The molecule has 1 aromatic rings. The molecule has 3 N–H and O–H groups in total. The second-order valence-electron chi connectivity index (χ2n) is 4.20. The van der Waals surface area contributed by atoms with Crippen LogP contribution in [-0.4, -0.2) is 28.7 Å². The smallest absolute Gasteiger partial charge is 0.252 e. The van der Waals surface area contributed by atoms with E-state index in [1.807, 2.05) is 0 Å². The van der Waals surface area contributed by atoms with Crippen molar-refractivity contribution in [3.63, 3.8) is 0 Å². The van der Waals surface area contributed by atoms with E-state index in [-0.39, 0.29) is 11.9 Å². The minimum absolute atomic E-state index is 0.103. The average molecular weight is 220 g/mol. The normalized spacial score (nSPS) is 24.3. The Balaban J connectivity index is 1.84. The largest absolute Gasteiger partial charge is 0.352 e. The van der Waals surface area contributed by atoms with Crippen LogP contribution in [0.3, 0.4) is 0 Å². The van der Waals surface area contributed by atoms with E-state index in [1.54, 1.807) is 6.07 Å². The predicted octanol–water partition coefficient (Wildman–Crippen LogP) is 0.334. The summed E-state index contributed by atoms with van der Waals surface area (Å²) in [6.45, 7) is 0.655. The summed E-state index contributed by atoms with van der Waals surface area (Å²) in [5, 5.41) is 10.2. The average Bonchev–Trinajstić information content (AvgIpc) is 2.73. The molecule has 1 heterocycles. The summed E-state index contributed by atoms with van der Waals surface area (Å²) in [6.07, 6.45) is 6.31. The third-order valence-corrected chi connectivity index (χ3v) is 3.09. The van der Waals surface area contributed by atoms with Crippen molar-refractivity contribution >= 4 is 5.91 Å². The number of aromatic nitrogens is 2. The topological polar surface area (TPSA) is 80.9 Å². The molecule has 16 heavy (non-hydrogen) atoms. The van der Waals surface area contributed by atoms with Crippen LogP contribution in [0.5, 0.6) is 0 Å². The van der Waals surface area contributed by atoms with Crippen molar-refractivity contribution < 1.29 is 4.79 Å². The highest BCUT2D eigenvalue weighted by molar-refractivity contribution is 5.93. The van der Waals surface area contributed by atoms with E-state index in [0.29, 0.717) is 18.0 Å². The van der Waals surface area contributed by atoms with Crippen molar-refractivity contribution in [2.45, 2.75) is 25.3 Å². The standard InChI is InChI=1S/C11H16N4O/c12-10-3-1-2-8(10)6-13-11(16)9-4-5-14-15-7-9/h4-5,7-8,10H,1-3,6,12H2,(H,13,16). The Kier molecular flexibility index (Phi) is 3.46. The van der Waals surface area contributed by atoms with E-state index in [2.05, 4.69) is 15.5 Å². The third-order valence-electron chi connectivity index (χ3n) is 3.09. The van der Waals surface area contributed by atoms with E-state index in [4.69, 9.17) is 5.73 Å². The van der Waals surface area contributed by atoms with Crippen molar-refractivity contribution in [3.05, 3.63) is 24.0 Å². The molecule has 2 rings (SSSR count). The van der Waals surface area contributed by atoms with Gasteiger partial charge in [-0.05, 0) is 24.8 Å². The zero-order valence-electron chi connectivity index (χ0n) is 9.10. The molecule has 0 saturated heterocycles. The fourth-order valence-corrected chi connectivity index (χ4v) is 2.07. The number of nitrogens with two attached hydrogens (primary N) is 1. The lowest BCUT2D eigenvalue weighted by molar-refractivity contribution is 0.0946. The first kappa shape index (κ1) is 11.0. The Morgan fingerprint density at radius 1 is 1.50 bits per heavy atom. The first-order valence-corrected chi connectivity index (χ1v) is 5.58. The molecule has 0 radical (unpaired) electrons. The van der Waals surface area contributed by atoms with E-state index in [1.165, 1.54) is 18.8 Å². The van der Waals surface area contributed by atoms with Crippen LogP contribution in [0.15, 0.2) is 18.5 Å². The van der Waals surface area contributed by atoms with Crippen LogP contribution in [0, 0.1) is 5.92 Å². The summed E-state index contributed by atoms with van der Waals surface area (Å²) < 4.78 is 0. The maximum atomic E-state index is 11.7. The number of hydrogen-bond donors (Lipinski definition) is 2. The number of hydrogen-bond acceptors (Lipinski definition) is 4. The molecule has 2 unspecified atom stereocenters. The number of carbonyl (C=O) groups is 1. The van der Waals surface area contributed by atoms with Crippen LogP contribution < -0.4 is 11.1 Å². The van der Waals surface area contributed by atoms with Gasteiger partial charge in [-0.25, -0.2) is 0 Å².